The molecule has 3 aromatic rings. The number of amides is 1. The SMILES string of the molecule is O=c1[nH]c(C[C@H]2CC[C@@H](C(=O)NCc3ccccc3F)CC2)nc2ccccc12. The number of H-pyrrole nitrogens is 1. The molecule has 0 unspecified atom stereocenters. The van der Waals surface area contributed by atoms with Gasteiger partial charge in [-0.25, -0.2) is 9.37 Å². The van der Waals surface area contributed by atoms with Crippen molar-refractivity contribution in [1.82, 2.24) is 15.3 Å². The molecule has 1 aliphatic rings. The van der Waals surface area contributed by atoms with Crippen LogP contribution in [0.25, 0.3) is 10.9 Å². The van der Waals surface area contributed by atoms with Gasteiger partial charge in [-0.1, -0.05) is 30.3 Å². The van der Waals surface area contributed by atoms with Crippen molar-refractivity contribution in [3.05, 3.63) is 76.1 Å². The van der Waals surface area contributed by atoms with E-state index in [9.17, 15) is 14.0 Å². The molecule has 1 aromatic heterocycles. The van der Waals surface area contributed by atoms with Crippen molar-refractivity contribution in [2.45, 2.75) is 38.6 Å². The highest BCUT2D eigenvalue weighted by molar-refractivity contribution is 5.78. The lowest BCUT2D eigenvalue weighted by Gasteiger charge is -2.27. The summed E-state index contributed by atoms with van der Waals surface area (Å²) in [5.74, 6) is 0.759. The van der Waals surface area contributed by atoms with Crippen molar-refractivity contribution in [2.75, 3.05) is 0 Å². The highest BCUT2D eigenvalue weighted by Gasteiger charge is 2.27. The molecule has 2 aromatic carbocycles. The van der Waals surface area contributed by atoms with Crippen LogP contribution < -0.4 is 10.9 Å². The summed E-state index contributed by atoms with van der Waals surface area (Å²) in [7, 11) is 0. The summed E-state index contributed by atoms with van der Waals surface area (Å²) in [5, 5.41) is 3.47. The van der Waals surface area contributed by atoms with Gasteiger partial charge in [-0.05, 0) is 49.8 Å². The van der Waals surface area contributed by atoms with E-state index < -0.39 is 0 Å². The first kappa shape index (κ1) is 19.3. The fourth-order valence-electron chi connectivity index (χ4n) is 4.10. The summed E-state index contributed by atoms with van der Waals surface area (Å²) in [4.78, 5) is 32.1. The van der Waals surface area contributed by atoms with Crippen LogP contribution in [0, 0.1) is 17.7 Å². The molecule has 6 heteroatoms. The van der Waals surface area contributed by atoms with Crippen LogP contribution in [-0.4, -0.2) is 15.9 Å². The van der Waals surface area contributed by atoms with Gasteiger partial charge in [0.1, 0.15) is 11.6 Å². The van der Waals surface area contributed by atoms with E-state index in [1.165, 1.54) is 6.07 Å². The number of para-hydroxylation sites is 1. The minimum Gasteiger partial charge on any atom is -0.352 e. The fourth-order valence-corrected chi connectivity index (χ4v) is 4.10. The Kier molecular flexibility index (Phi) is 5.69. The highest BCUT2D eigenvalue weighted by Crippen LogP contribution is 2.30. The summed E-state index contributed by atoms with van der Waals surface area (Å²) in [5.41, 5.74) is 1.11. The van der Waals surface area contributed by atoms with Gasteiger partial charge >= 0.3 is 0 Å². The number of nitrogens with one attached hydrogen (secondary N) is 2. The van der Waals surface area contributed by atoms with Crippen LogP contribution in [0.15, 0.2) is 53.3 Å². The van der Waals surface area contributed by atoms with Crippen LogP contribution in [0.5, 0.6) is 0 Å². The summed E-state index contributed by atoms with van der Waals surface area (Å²) in [6, 6.07) is 13.8. The molecule has 0 spiro atoms. The molecule has 1 aliphatic carbocycles. The quantitative estimate of drug-likeness (QED) is 0.694. The van der Waals surface area contributed by atoms with Crippen molar-refractivity contribution in [3.8, 4) is 0 Å². The largest absolute Gasteiger partial charge is 0.352 e. The van der Waals surface area contributed by atoms with E-state index in [1.54, 1.807) is 24.3 Å². The van der Waals surface area contributed by atoms with Crippen molar-refractivity contribution in [1.29, 1.82) is 0 Å². The molecule has 1 amide bonds. The predicted octanol–water partition coefficient (Wildman–Crippen LogP) is 3.73. The Balaban J connectivity index is 1.31. The standard InChI is InChI=1S/C23H24FN3O2/c24-19-7-3-1-5-17(19)14-25-22(28)16-11-9-15(10-12-16)13-21-26-20-8-4-2-6-18(20)23(29)27-21/h1-8,15-16H,9-14H2,(H,25,28)(H,26,27,29)/t15-,16+. The molecule has 0 aliphatic heterocycles. The second-order valence-electron chi connectivity index (χ2n) is 7.76. The number of aromatic nitrogens is 2. The normalized spacial score (nSPS) is 19.2. The van der Waals surface area contributed by atoms with Crippen molar-refractivity contribution >= 4 is 16.8 Å². The molecule has 150 valence electrons. The zero-order valence-electron chi connectivity index (χ0n) is 16.2. The maximum absolute atomic E-state index is 13.7. The number of benzene rings is 2. The van der Waals surface area contributed by atoms with Crippen LogP contribution in [-0.2, 0) is 17.8 Å². The second kappa shape index (κ2) is 8.55. The van der Waals surface area contributed by atoms with Gasteiger partial charge in [0, 0.05) is 24.4 Å². The molecule has 2 N–H and O–H groups in total. The number of fused-ring (bicyclic) bond motifs is 1. The average molecular weight is 393 g/mol. The molecule has 4 rings (SSSR count). The summed E-state index contributed by atoms with van der Waals surface area (Å²) < 4.78 is 13.7. The van der Waals surface area contributed by atoms with Gasteiger partial charge in [0.25, 0.3) is 5.56 Å². The summed E-state index contributed by atoms with van der Waals surface area (Å²) >= 11 is 0. The Bertz CT molecular complexity index is 1070. The Labute approximate surface area is 168 Å². The maximum atomic E-state index is 13.7. The Morgan fingerprint density at radius 1 is 1.07 bits per heavy atom. The third-order valence-corrected chi connectivity index (χ3v) is 5.77. The maximum Gasteiger partial charge on any atom is 0.258 e. The Hall–Kier alpha value is -3.02. The molecule has 1 saturated carbocycles. The van der Waals surface area contributed by atoms with E-state index in [0.29, 0.717) is 34.6 Å². The molecule has 1 fully saturated rings. The van der Waals surface area contributed by atoms with Gasteiger partial charge in [-0.3, -0.25) is 9.59 Å². The molecular weight excluding hydrogens is 369 g/mol. The van der Waals surface area contributed by atoms with E-state index >= 15 is 0 Å². The van der Waals surface area contributed by atoms with Gasteiger partial charge in [0.15, 0.2) is 0 Å². The van der Waals surface area contributed by atoms with Crippen LogP contribution in [0.3, 0.4) is 0 Å². The van der Waals surface area contributed by atoms with E-state index in [0.717, 1.165) is 25.7 Å². The van der Waals surface area contributed by atoms with Crippen LogP contribution in [0.1, 0.15) is 37.1 Å². The van der Waals surface area contributed by atoms with Crippen molar-refractivity contribution < 1.29 is 9.18 Å². The number of hydrogen-bond donors (Lipinski definition) is 2. The molecule has 29 heavy (non-hydrogen) atoms. The van der Waals surface area contributed by atoms with Crippen LogP contribution >= 0.6 is 0 Å². The van der Waals surface area contributed by atoms with E-state index in [2.05, 4.69) is 15.3 Å². The molecular formula is C23H24FN3O2. The molecule has 0 atom stereocenters. The number of carbonyl (C=O) groups is 1. The Morgan fingerprint density at radius 3 is 2.59 bits per heavy atom. The van der Waals surface area contributed by atoms with Gasteiger partial charge < -0.3 is 10.3 Å². The minimum absolute atomic E-state index is 0.0102. The number of carbonyl (C=O) groups excluding carboxylic acids is 1. The first-order valence-electron chi connectivity index (χ1n) is 10.1. The monoisotopic (exact) mass is 393 g/mol. The average Bonchev–Trinajstić information content (AvgIpc) is 2.73. The van der Waals surface area contributed by atoms with Gasteiger partial charge in [-0.2, -0.15) is 0 Å². The number of nitrogens with zero attached hydrogens (tertiary/aromatic N) is 1. The summed E-state index contributed by atoms with van der Waals surface area (Å²) in [6.45, 7) is 0.216. The van der Waals surface area contributed by atoms with E-state index in [4.69, 9.17) is 0 Å². The number of rotatable bonds is 5. The third-order valence-electron chi connectivity index (χ3n) is 5.77. The third kappa shape index (κ3) is 4.53. The molecule has 0 bridgehead atoms. The lowest BCUT2D eigenvalue weighted by atomic mass is 9.80. The van der Waals surface area contributed by atoms with Gasteiger partial charge in [0.2, 0.25) is 5.91 Å². The zero-order chi connectivity index (χ0) is 20.2. The van der Waals surface area contributed by atoms with Crippen LogP contribution in [0.2, 0.25) is 0 Å². The fraction of sp³-hybridized carbons (Fsp3) is 0.348. The smallest absolute Gasteiger partial charge is 0.258 e. The number of halogens is 1. The van der Waals surface area contributed by atoms with Gasteiger partial charge in [0.05, 0.1) is 10.9 Å². The highest BCUT2D eigenvalue weighted by atomic mass is 19.1. The molecule has 0 radical (unpaired) electrons. The lowest BCUT2D eigenvalue weighted by molar-refractivity contribution is -0.126. The van der Waals surface area contributed by atoms with Crippen LogP contribution in [0.4, 0.5) is 4.39 Å². The van der Waals surface area contributed by atoms with E-state index in [1.807, 2.05) is 18.2 Å². The second-order valence-corrected chi connectivity index (χ2v) is 7.76. The molecule has 5 nitrogen and oxygen atoms in total. The van der Waals surface area contributed by atoms with Crippen molar-refractivity contribution in [2.24, 2.45) is 11.8 Å². The molecule has 1 heterocycles. The Morgan fingerprint density at radius 2 is 1.79 bits per heavy atom. The summed E-state index contributed by atoms with van der Waals surface area (Å²) in [6.07, 6.45) is 4.13. The van der Waals surface area contributed by atoms with E-state index in [-0.39, 0.29) is 29.7 Å². The topological polar surface area (TPSA) is 74.8 Å². The molecule has 0 saturated heterocycles. The predicted molar refractivity (Wildman–Crippen MR) is 110 cm³/mol. The number of hydrogen-bond acceptors (Lipinski definition) is 3. The van der Waals surface area contributed by atoms with Gasteiger partial charge in [-0.15, -0.1) is 0 Å². The van der Waals surface area contributed by atoms with Crippen molar-refractivity contribution in [3.63, 3.8) is 0 Å². The first-order valence-corrected chi connectivity index (χ1v) is 10.1. The zero-order valence-corrected chi connectivity index (χ0v) is 16.2. The number of aromatic amines is 1. The lowest BCUT2D eigenvalue weighted by Crippen LogP contribution is -2.33. The minimum atomic E-state index is -0.298. The first-order chi connectivity index (χ1) is 14.1.